The molecule has 2 aliphatic rings. The Hall–Kier alpha value is -7.32. The molecule has 1 aromatic heterocycles. The van der Waals surface area contributed by atoms with E-state index in [0.717, 1.165) is 32.6 Å². The fraction of sp³-hybridized carbons (Fsp3) is 0.357. The highest BCUT2D eigenvalue weighted by Gasteiger charge is 2.43. The molecule has 0 spiro atoms. The summed E-state index contributed by atoms with van der Waals surface area (Å²) in [6.07, 6.45) is 11.1. The minimum Gasteiger partial charge on any atom is -0.465 e. The molecule has 0 atom stereocenters. The molecule has 0 radical (unpaired) electrons. The Balaban J connectivity index is 0.821. The molecule has 0 bridgehead atoms. The van der Waals surface area contributed by atoms with E-state index in [9.17, 15) is 53.3 Å². The van der Waals surface area contributed by atoms with Crippen LogP contribution in [0.3, 0.4) is 0 Å². The van der Waals surface area contributed by atoms with Crippen LogP contribution in [0.15, 0.2) is 173 Å². The summed E-state index contributed by atoms with van der Waals surface area (Å²) in [5.74, 6) is -1.27. The Morgan fingerprint density at radius 3 is 1.93 bits per heavy atom. The van der Waals surface area contributed by atoms with E-state index >= 15 is 0 Å². The van der Waals surface area contributed by atoms with E-state index in [-0.39, 0.29) is 49.1 Å². The van der Waals surface area contributed by atoms with Gasteiger partial charge in [0.25, 0.3) is 36.3 Å². The quantitative estimate of drug-likeness (QED) is 0.00619. The number of benzene rings is 5. The summed E-state index contributed by atoms with van der Waals surface area (Å²) in [7, 11) is -13.0. The molecule has 5 aromatic carbocycles. The van der Waals surface area contributed by atoms with E-state index < -0.39 is 66.6 Å². The first-order valence-electron chi connectivity index (χ1n) is 31.4. The molecule has 0 fully saturated rings. The second-order valence-corrected chi connectivity index (χ2v) is 31.2. The molecular weight excluding hydrogens is 1330 g/mol. The van der Waals surface area contributed by atoms with Gasteiger partial charge in [0.1, 0.15) is 6.20 Å². The fourth-order valence-electron chi connectivity index (χ4n) is 11.4. The average molecular weight is 1410 g/mol. The van der Waals surface area contributed by atoms with Crippen LogP contribution in [0.1, 0.15) is 103 Å². The van der Waals surface area contributed by atoms with Gasteiger partial charge in [-0.3, -0.25) is 23.2 Å². The van der Waals surface area contributed by atoms with Gasteiger partial charge in [0.2, 0.25) is 5.91 Å². The second kappa shape index (κ2) is 33.8. The van der Waals surface area contributed by atoms with E-state index in [2.05, 4.69) is 10.6 Å². The van der Waals surface area contributed by atoms with Crippen molar-refractivity contribution in [3.05, 3.63) is 202 Å². The maximum Gasteiger partial charge on any atom is 0.338 e. The number of methoxy groups -OCH3 is 1. The molecule has 0 saturated heterocycles. The summed E-state index contributed by atoms with van der Waals surface area (Å²) in [5, 5.41) is 9.14. The minimum absolute atomic E-state index is 0.0284. The molecule has 21 nitrogen and oxygen atoms in total. The number of hydrogen-bond acceptors (Lipinski definition) is 15. The third-order valence-electron chi connectivity index (χ3n) is 16.3. The Bertz CT molecular complexity index is 4210. The zero-order chi connectivity index (χ0) is 69.3. The van der Waals surface area contributed by atoms with E-state index in [1.165, 1.54) is 19.2 Å². The number of halogens is 1. The molecule has 5 N–H and O–H groups in total. The molecule has 0 unspecified atom stereocenters. The van der Waals surface area contributed by atoms with Gasteiger partial charge < -0.3 is 34.5 Å². The van der Waals surface area contributed by atoms with Crippen molar-refractivity contribution >= 4 is 106 Å². The first kappa shape index (κ1) is 74.5. The number of aryl methyl sites for hydroxylation is 2. The molecule has 6 aromatic rings. The van der Waals surface area contributed by atoms with Crippen molar-refractivity contribution in [3.63, 3.8) is 0 Å². The number of hydrogen-bond donors (Lipinski definition) is 5. The number of carbonyl (C=O) groups excluding carboxylic acids is 3. The Morgan fingerprint density at radius 2 is 1.30 bits per heavy atom. The Kier molecular flexibility index (Phi) is 26.2. The lowest BCUT2D eigenvalue weighted by molar-refractivity contribution is -0.684. The summed E-state index contributed by atoms with van der Waals surface area (Å²) >= 11 is 6.61. The normalized spacial score (nSPS) is 14.9. The van der Waals surface area contributed by atoms with Crippen molar-refractivity contribution in [2.24, 2.45) is 4.99 Å². The molecule has 3 heterocycles. The van der Waals surface area contributed by atoms with Crippen molar-refractivity contribution in [1.82, 2.24) is 10.6 Å². The van der Waals surface area contributed by atoms with E-state index in [0.29, 0.717) is 122 Å². The van der Waals surface area contributed by atoms with Crippen molar-refractivity contribution in [2.45, 2.75) is 88.5 Å². The number of allylic oxidation sites excluding steroid dienone is 6. The lowest BCUT2D eigenvalue weighted by atomic mass is 9.81. The predicted molar refractivity (Wildman–Crippen MR) is 374 cm³/mol. The number of amides is 2. The van der Waals surface area contributed by atoms with Crippen molar-refractivity contribution in [3.8, 4) is 0 Å². The van der Waals surface area contributed by atoms with Crippen LogP contribution in [0.4, 0.5) is 11.5 Å². The standard InChI is InChI=1S/C70H81ClN5O16PS3/c1-69(2)60-47-54(71)49-75(35-15-43-94(80,81)82)66(60)74-63(69)30-25-51(26-31-64-70(3,4)59-48-57(96(86,87)88)27-29-61(59)76(64)36-16-44-95(83,84)85)52-18-12-17-50(45-52)23-32-65(77)72-33-13-37-90-39-41-92-42-40-91-38-14-34-73-67(78)53-24-28-58(68(79)89-5)62(46-53)93(55-19-8-6-9-20-55)56-21-10-7-11-22-56/h6-12,17-22,24-31,45-49H,13-16,23,32-44H2,1-5H3,(H4-,72,73,77,78,80,81,82,83,84,85,86,87,88)/p+1. The summed E-state index contributed by atoms with van der Waals surface area (Å²) < 4.78 is 125. The number of aliphatic imine (C=N–C) groups is 1. The van der Waals surface area contributed by atoms with Crippen molar-refractivity contribution in [1.29, 1.82) is 0 Å². The highest BCUT2D eigenvalue weighted by molar-refractivity contribution is 7.86. The highest BCUT2D eigenvalue weighted by Crippen LogP contribution is 2.49. The van der Waals surface area contributed by atoms with Crippen molar-refractivity contribution < 1.29 is 76.8 Å². The number of fused-ring (bicyclic) bond motifs is 2. The predicted octanol–water partition coefficient (Wildman–Crippen LogP) is 8.97. The van der Waals surface area contributed by atoms with Crippen LogP contribution in [-0.4, -0.2) is 140 Å². The van der Waals surface area contributed by atoms with E-state index in [4.69, 9.17) is 35.5 Å². The molecule has 26 heteroatoms. The Labute approximate surface area is 568 Å². The number of esters is 1. The van der Waals surface area contributed by atoms with Gasteiger partial charge in [-0.25, -0.2) is 9.36 Å². The number of nitrogens with zero attached hydrogens (tertiary/aromatic N) is 3. The number of ether oxygens (including phenoxy) is 4. The average Bonchev–Trinajstić information content (AvgIpc) is 1.60. The zero-order valence-corrected chi connectivity index (χ0v) is 58.4. The van der Waals surface area contributed by atoms with Crippen LogP contribution in [0.5, 0.6) is 0 Å². The van der Waals surface area contributed by atoms with Crippen LogP contribution in [0, 0.1) is 0 Å². The first-order valence-corrected chi connectivity index (χ1v) is 37.8. The number of aromatic nitrogens is 1. The zero-order valence-electron chi connectivity index (χ0n) is 54.3. The molecule has 0 saturated carbocycles. The van der Waals surface area contributed by atoms with Crippen molar-refractivity contribution in [2.75, 3.05) is 82.8 Å². The van der Waals surface area contributed by atoms with E-state index in [1.54, 1.807) is 35.0 Å². The molecule has 96 heavy (non-hydrogen) atoms. The Morgan fingerprint density at radius 1 is 0.677 bits per heavy atom. The van der Waals surface area contributed by atoms with Crippen LogP contribution in [0.25, 0.3) is 5.57 Å². The molecular formula is C70H82ClN5O16PS3+. The van der Waals surface area contributed by atoms with Crippen LogP contribution < -0.4 is 36.0 Å². The van der Waals surface area contributed by atoms with Gasteiger partial charge in [-0.15, -0.1) is 0 Å². The van der Waals surface area contributed by atoms with E-state index in [1.807, 2.05) is 148 Å². The SMILES string of the molecule is COC(=O)c1ccc(C(=O)NCCCOCCOCCOCCCNC(=O)CCc2cccc(C(=C\C=C3/N(CCCS(=O)(=O)O)c4ccc(S(=O)(=O)O)cc4C3(C)C)/C=C/C3=Nc4c(cc(Cl)c[n+]4CCCS(=O)(=O)O)C3(C)C)c2)cc1P(c1ccccc1)c1ccccc1. The first-order chi connectivity index (χ1) is 45.6. The fourth-order valence-corrected chi connectivity index (χ4v) is 15.5. The lowest BCUT2D eigenvalue weighted by Crippen LogP contribution is -2.36. The molecule has 8 rings (SSSR count). The van der Waals surface area contributed by atoms with Gasteiger partial charge in [0.05, 0.1) is 78.0 Å². The van der Waals surface area contributed by atoms with Gasteiger partial charge in [0.15, 0.2) is 5.71 Å². The molecule has 2 aliphatic heterocycles. The monoisotopic (exact) mass is 1410 g/mol. The van der Waals surface area contributed by atoms with Crippen LogP contribution in [0.2, 0.25) is 5.02 Å². The van der Waals surface area contributed by atoms with Gasteiger partial charge >= 0.3 is 11.8 Å². The molecule has 2 amide bonds. The number of nitrogens with one attached hydrogen (secondary N) is 2. The highest BCUT2D eigenvalue weighted by atomic mass is 35.5. The topological polar surface area (TPSA) is 295 Å². The van der Waals surface area contributed by atoms with Gasteiger partial charge in [-0.05, 0) is 140 Å². The number of rotatable bonds is 35. The summed E-state index contributed by atoms with van der Waals surface area (Å²) in [6.45, 7) is 11.1. The lowest BCUT2D eigenvalue weighted by Gasteiger charge is -2.27. The maximum absolute atomic E-state index is 13.4. The van der Waals surface area contributed by atoms with Gasteiger partial charge in [-0.1, -0.05) is 123 Å². The van der Waals surface area contributed by atoms with Gasteiger partial charge in [0, 0.05) is 73.4 Å². The number of anilines is 1. The third kappa shape index (κ3) is 20.6. The molecule has 512 valence electrons. The number of carbonyl (C=O) groups is 3. The minimum atomic E-state index is -4.59. The number of pyridine rings is 1. The summed E-state index contributed by atoms with van der Waals surface area (Å²) in [6, 6.07) is 38.7. The maximum atomic E-state index is 13.4. The smallest absolute Gasteiger partial charge is 0.338 e. The van der Waals surface area contributed by atoms with Crippen LogP contribution in [-0.2, 0) is 77.9 Å². The van der Waals surface area contributed by atoms with Gasteiger partial charge in [-0.2, -0.15) is 25.3 Å². The second-order valence-electron chi connectivity index (χ2n) is 24.0. The van der Waals surface area contributed by atoms with Crippen LogP contribution >= 0.6 is 19.5 Å². The largest absolute Gasteiger partial charge is 0.465 e. The third-order valence-corrected chi connectivity index (χ3v) is 21.5. The molecule has 0 aliphatic carbocycles. The summed E-state index contributed by atoms with van der Waals surface area (Å²) in [4.78, 5) is 46.1. The summed E-state index contributed by atoms with van der Waals surface area (Å²) in [5.41, 5.74) is 4.85.